The Labute approximate surface area is 660 Å². The van der Waals surface area contributed by atoms with Crippen LogP contribution >= 0.6 is 21.6 Å². The summed E-state index contributed by atoms with van der Waals surface area (Å²) in [6, 6.07) is 29.4. The molecule has 2 amide bonds. The molecule has 0 radical (unpaired) electrons. The summed E-state index contributed by atoms with van der Waals surface area (Å²) in [5.41, 5.74) is 7.89. The number of hydrogen-bond acceptors (Lipinski definition) is 18. The van der Waals surface area contributed by atoms with E-state index in [-0.39, 0.29) is 11.8 Å². The molecule has 108 heavy (non-hydrogen) atoms. The fourth-order valence-electron chi connectivity index (χ4n) is 11.7. The van der Waals surface area contributed by atoms with Gasteiger partial charge in [0.1, 0.15) is 36.2 Å². The second kappa shape index (κ2) is 73.2. The second-order valence-corrected chi connectivity index (χ2v) is 30.3. The van der Waals surface area contributed by atoms with Crippen LogP contribution in [-0.2, 0) is 37.9 Å². The predicted molar refractivity (Wildman–Crippen MR) is 447 cm³/mol. The Bertz CT molecular complexity index is 2550. The van der Waals surface area contributed by atoms with E-state index in [2.05, 4.69) is 56.5 Å². The van der Waals surface area contributed by atoms with Crippen LogP contribution in [0.1, 0.15) is 277 Å². The van der Waals surface area contributed by atoms with Crippen molar-refractivity contribution in [1.29, 1.82) is 0 Å². The average Bonchev–Trinajstić information content (AvgIpc) is 0.896. The van der Waals surface area contributed by atoms with Gasteiger partial charge in [-0.1, -0.05) is 252 Å². The van der Waals surface area contributed by atoms with Crippen molar-refractivity contribution in [2.75, 3.05) is 144 Å². The molecule has 0 saturated carbocycles. The highest BCUT2D eigenvalue weighted by atomic mass is 33.1. The molecule has 4 aromatic rings. The Hall–Kier alpha value is -5.26. The molecule has 4 rings (SSSR count). The zero-order valence-electron chi connectivity index (χ0n) is 66.8. The lowest BCUT2D eigenvalue weighted by Gasteiger charge is -2.09. The number of ether oxygens (including phenoxy) is 12. The SMILES string of the molecule is CCCCCCCCCCCOc1cccc(/C=N/NC(=O)c2ccc(OCCOCCOCCOCCOCCCCCCCCCCCSSCCCCCCCCCCCOCCOCCOCCOCCOc3ccc(C(=O)N/N=C/c4cccc(OCCCCCCCCCCC)c4)cc3)cc2)c1. The maximum atomic E-state index is 12.7. The van der Waals surface area contributed by atoms with Crippen molar-refractivity contribution in [3.8, 4) is 23.0 Å². The number of nitrogens with zero attached hydrogens (tertiary/aromatic N) is 2. The first kappa shape index (κ1) is 95.1. The molecule has 20 heteroatoms. The molecular weight excluding hydrogens is 1400 g/mol. The predicted octanol–water partition coefficient (Wildman–Crippen LogP) is 21.0. The summed E-state index contributed by atoms with van der Waals surface area (Å²) in [5.74, 6) is 4.91. The van der Waals surface area contributed by atoms with E-state index in [0.29, 0.717) is 142 Å². The first-order valence-electron chi connectivity index (χ1n) is 42.0. The Morgan fingerprint density at radius 2 is 0.528 bits per heavy atom. The largest absolute Gasteiger partial charge is 0.494 e. The van der Waals surface area contributed by atoms with Gasteiger partial charge in [0, 0.05) is 35.8 Å². The number of benzene rings is 4. The summed E-state index contributed by atoms with van der Waals surface area (Å²) in [6.45, 7) is 15.6. The molecule has 0 atom stereocenters. The zero-order valence-corrected chi connectivity index (χ0v) is 68.5. The second-order valence-electron chi connectivity index (χ2n) is 27.5. The number of carbonyl (C=O) groups excluding carboxylic acids is 2. The van der Waals surface area contributed by atoms with E-state index in [0.717, 1.165) is 61.5 Å². The lowest BCUT2D eigenvalue weighted by molar-refractivity contribution is -0.00487. The van der Waals surface area contributed by atoms with Crippen molar-refractivity contribution in [3.05, 3.63) is 119 Å². The number of unbranched alkanes of at least 4 members (excludes halogenated alkanes) is 32. The van der Waals surface area contributed by atoms with Crippen LogP contribution in [-0.4, -0.2) is 168 Å². The van der Waals surface area contributed by atoms with Gasteiger partial charge in [-0.15, -0.1) is 0 Å². The summed E-state index contributed by atoms with van der Waals surface area (Å²) in [6.07, 6.45) is 49.9. The molecular formula is C88H142N4O14S2. The molecule has 0 aliphatic carbocycles. The van der Waals surface area contributed by atoms with Crippen molar-refractivity contribution >= 4 is 45.8 Å². The first-order valence-corrected chi connectivity index (χ1v) is 44.5. The van der Waals surface area contributed by atoms with Crippen molar-refractivity contribution < 1.29 is 66.4 Å². The fraction of sp³-hybridized carbons (Fsp3) is 0.682. The number of hydrazone groups is 2. The van der Waals surface area contributed by atoms with Crippen molar-refractivity contribution in [2.45, 2.75) is 245 Å². The highest BCUT2D eigenvalue weighted by Crippen LogP contribution is 2.26. The maximum absolute atomic E-state index is 12.7. The number of carbonyl (C=O) groups is 2. The smallest absolute Gasteiger partial charge is 0.271 e. The monoisotopic (exact) mass is 1540 g/mol. The highest BCUT2D eigenvalue weighted by molar-refractivity contribution is 8.76. The van der Waals surface area contributed by atoms with Gasteiger partial charge >= 0.3 is 0 Å². The molecule has 0 aromatic heterocycles. The van der Waals surface area contributed by atoms with Gasteiger partial charge in [0.25, 0.3) is 11.8 Å². The van der Waals surface area contributed by atoms with Crippen LogP contribution in [0.2, 0.25) is 0 Å². The summed E-state index contributed by atoms with van der Waals surface area (Å²) in [4.78, 5) is 25.3. The van der Waals surface area contributed by atoms with Gasteiger partial charge in [-0.25, -0.2) is 10.9 Å². The molecule has 0 fully saturated rings. The molecule has 4 aromatic carbocycles. The Morgan fingerprint density at radius 3 is 0.833 bits per heavy atom. The summed E-state index contributed by atoms with van der Waals surface area (Å²) >= 11 is 0. The van der Waals surface area contributed by atoms with Crippen LogP contribution in [0.4, 0.5) is 0 Å². The average molecular weight is 1540 g/mol. The van der Waals surface area contributed by atoms with Gasteiger partial charge in [0.15, 0.2) is 0 Å². The molecule has 0 saturated heterocycles. The Balaban J connectivity index is 0.758. The minimum Gasteiger partial charge on any atom is -0.494 e. The minimum atomic E-state index is -0.299. The zero-order chi connectivity index (χ0) is 76.2. The van der Waals surface area contributed by atoms with E-state index in [4.69, 9.17) is 56.8 Å². The van der Waals surface area contributed by atoms with Crippen LogP contribution in [0.5, 0.6) is 23.0 Å². The van der Waals surface area contributed by atoms with Crippen LogP contribution in [0.3, 0.4) is 0 Å². The third-order valence-electron chi connectivity index (χ3n) is 18.1. The summed E-state index contributed by atoms with van der Waals surface area (Å²) in [5, 5.41) is 8.29. The van der Waals surface area contributed by atoms with Gasteiger partial charge in [-0.3, -0.25) is 9.59 Å². The minimum absolute atomic E-state index is 0.299. The third-order valence-corrected chi connectivity index (χ3v) is 20.7. The van der Waals surface area contributed by atoms with E-state index in [9.17, 15) is 9.59 Å². The third kappa shape index (κ3) is 57.7. The summed E-state index contributed by atoms with van der Waals surface area (Å²) < 4.78 is 68.9. The highest BCUT2D eigenvalue weighted by Gasteiger charge is 2.09. The van der Waals surface area contributed by atoms with Gasteiger partial charge in [-0.2, -0.15) is 10.2 Å². The molecule has 0 bridgehead atoms. The molecule has 18 nitrogen and oxygen atoms in total. The lowest BCUT2D eigenvalue weighted by Crippen LogP contribution is -2.17. The quantitative estimate of drug-likeness (QED) is 0.0183. The van der Waals surface area contributed by atoms with Crippen LogP contribution in [0.15, 0.2) is 107 Å². The van der Waals surface area contributed by atoms with Crippen molar-refractivity contribution in [3.63, 3.8) is 0 Å². The van der Waals surface area contributed by atoms with E-state index < -0.39 is 0 Å². The molecule has 610 valence electrons. The first-order chi connectivity index (χ1) is 53.5. The molecule has 0 unspecified atom stereocenters. The van der Waals surface area contributed by atoms with Crippen LogP contribution < -0.4 is 29.8 Å². The van der Waals surface area contributed by atoms with E-state index >= 15 is 0 Å². The van der Waals surface area contributed by atoms with Crippen molar-refractivity contribution in [2.24, 2.45) is 10.2 Å². The van der Waals surface area contributed by atoms with E-state index in [1.165, 1.54) is 217 Å². The van der Waals surface area contributed by atoms with Crippen LogP contribution in [0.25, 0.3) is 0 Å². The molecule has 0 spiro atoms. The number of nitrogens with one attached hydrogen (secondary N) is 2. The fourth-order valence-corrected chi connectivity index (χ4v) is 14.0. The van der Waals surface area contributed by atoms with Gasteiger partial charge < -0.3 is 56.8 Å². The lowest BCUT2D eigenvalue weighted by atomic mass is 10.1. The number of amides is 2. The summed E-state index contributed by atoms with van der Waals surface area (Å²) in [7, 11) is 4.16. The van der Waals surface area contributed by atoms with Gasteiger partial charge in [-0.05, 0) is 122 Å². The number of rotatable bonds is 79. The normalized spacial score (nSPS) is 11.5. The molecule has 0 aliphatic heterocycles. The standard InChI is InChI=1S/C88H142N4O14S2/c1-3-5-7-9-11-15-23-29-35-55-103-85-43-39-41-79(75-85)77-89-91-87(93)81-45-49-83(50-46-81)105-71-69-101-67-65-99-63-61-97-59-57-95-53-33-27-21-17-13-19-25-31-37-73-107-108-74-38-32-26-20-14-18-22-28-34-54-96-58-60-98-62-64-100-66-68-102-70-72-106-84-51-47-82(48-52-84)88(94)92-90-78-80-42-40-44-86(76-80)104-56-36-30-24-16-12-10-8-6-4-2/h39-52,75-78H,3-38,53-74H2,1-2H3,(H,91,93)(H,92,94)/b89-77+,90-78+. The topological polar surface area (TPSA) is 194 Å². The number of hydrogen-bond donors (Lipinski definition) is 2. The molecule has 0 heterocycles. The van der Waals surface area contributed by atoms with E-state index in [1.54, 1.807) is 61.0 Å². The van der Waals surface area contributed by atoms with Crippen molar-refractivity contribution in [1.82, 2.24) is 10.9 Å². The Kier molecular flexibility index (Phi) is 64.5. The van der Waals surface area contributed by atoms with Crippen LogP contribution in [0, 0.1) is 0 Å². The van der Waals surface area contributed by atoms with Gasteiger partial charge in [0.05, 0.1) is 118 Å². The van der Waals surface area contributed by atoms with E-state index in [1.807, 2.05) is 48.5 Å². The molecule has 0 aliphatic rings. The maximum Gasteiger partial charge on any atom is 0.271 e. The Morgan fingerprint density at radius 1 is 0.278 bits per heavy atom. The molecule has 2 N–H and O–H groups in total. The van der Waals surface area contributed by atoms with Gasteiger partial charge in [0.2, 0.25) is 0 Å².